The van der Waals surface area contributed by atoms with E-state index in [0.29, 0.717) is 11.3 Å². The number of nitrogens with two attached hydrogens (primary N) is 1. The highest BCUT2D eigenvalue weighted by Gasteiger charge is 2.32. The summed E-state index contributed by atoms with van der Waals surface area (Å²) in [5.41, 5.74) is 6.47. The first kappa shape index (κ1) is 15.9. The zero-order valence-corrected chi connectivity index (χ0v) is 13.1. The SMILES string of the molecule is C[C@H](N)c1cc(Br)ccc1OCC(F)(F)c1ccccc1. The molecular formula is C16H16BrF2NO. The van der Waals surface area contributed by atoms with Crippen LogP contribution in [0.4, 0.5) is 8.78 Å². The fourth-order valence-electron chi connectivity index (χ4n) is 1.94. The summed E-state index contributed by atoms with van der Waals surface area (Å²) in [5, 5.41) is 0. The lowest BCUT2D eigenvalue weighted by atomic mass is 10.1. The Labute approximate surface area is 131 Å². The summed E-state index contributed by atoms with van der Waals surface area (Å²) in [4.78, 5) is 0. The van der Waals surface area contributed by atoms with Crippen LogP contribution in [0.1, 0.15) is 24.1 Å². The molecule has 0 bridgehead atoms. The van der Waals surface area contributed by atoms with Crippen LogP contribution in [0.2, 0.25) is 0 Å². The van der Waals surface area contributed by atoms with Crippen molar-refractivity contribution in [2.24, 2.45) is 5.73 Å². The Bertz CT molecular complexity index is 602. The quantitative estimate of drug-likeness (QED) is 0.847. The summed E-state index contributed by atoms with van der Waals surface area (Å²) < 4.78 is 34.3. The summed E-state index contributed by atoms with van der Waals surface area (Å²) in [6.07, 6.45) is 0. The van der Waals surface area contributed by atoms with Crippen LogP contribution in [0, 0.1) is 0 Å². The minimum atomic E-state index is -3.05. The van der Waals surface area contributed by atoms with Gasteiger partial charge in [0, 0.05) is 21.6 Å². The average Bonchev–Trinajstić information content (AvgIpc) is 2.47. The number of benzene rings is 2. The monoisotopic (exact) mass is 355 g/mol. The molecule has 0 aliphatic rings. The molecule has 0 aliphatic carbocycles. The first-order valence-corrected chi connectivity index (χ1v) is 7.30. The molecule has 0 aliphatic heterocycles. The van der Waals surface area contributed by atoms with Gasteiger partial charge in [0.05, 0.1) is 0 Å². The second-order valence-electron chi connectivity index (χ2n) is 4.83. The first-order valence-electron chi connectivity index (χ1n) is 6.51. The zero-order chi connectivity index (χ0) is 15.5. The third kappa shape index (κ3) is 4.02. The number of halogens is 3. The average molecular weight is 356 g/mol. The van der Waals surface area contributed by atoms with Gasteiger partial charge < -0.3 is 10.5 Å². The molecule has 0 spiro atoms. The Kier molecular flexibility index (Phi) is 4.96. The Balaban J connectivity index is 2.16. The predicted molar refractivity (Wildman–Crippen MR) is 82.6 cm³/mol. The van der Waals surface area contributed by atoms with Gasteiger partial charge in [0.2, 0.25) is 0 Å². The van der Waals surface area contributed by atoms with E-state index in [0.717, 1.165) is 4.47 Å². The topological polar surface area (TPSA) is 35.2 Å². The molecule has 0 aromatic heterocycles. The molecule has 21 heavy (non-hydrogen) atoms. The van der Waals surface area contributed by atoms with Crippen LogP contribution in [-0.4, -0.2) is 6.61 Å². The molecule has 0 amide bonds. The lowest BCUT2D eigenvalue weighted by Crippen LogP contribution is -2.23. The molecule has 0 radical (unpaired) electrons. The van der Waals surface area contributed by atoms with Gasteiger partial charge >= 0.3 is 5.92 Å². The Morgan fingerprint density at radius 1 is 1.19 bits per heavy atom. The Morgan fingerprint density at radius 3 is 2.48 bits per heavy atom. The van der Waals surface area contributed by atoms with E-state index in [-0.39, 0.29) is 11.6 Å². The van der Waals surface area contributed by atoms with Crippen molar-refractivity contribution in [2.75, 3.05) is 6.61 Å². The fourth-order valence-corrected chi connectivity index (χ4v) is 2.32. The van der Waals surface area contributed by atoms with E-state index in [1.807, 2.05) is 0 Å². The molecular weight excluding hydrogens is 340 g/mol. The molecule has 0 unspecified atom stereocenters. The minimum Gasteiger partial charge on any atom is -0.487 e. The van der Waals surface area contributed by atoms with Gasteiger partial charge in [-0.3, -0.25) is 0 Å². The third-order valence-electron chi connectivity index (χ3n) is 3.07. The second kappa shape index (κ2) is 6.54. The molecule has 2 aromatic rings. The van der Waals surface area contributed by atoms with Crippen molar-refractivity contribution in [3.63, 3.8) is 0 Å². The van der Waals surface area contributed by atoms with Gasteiger partial charge in [-0.2, -0.15) is 8.78 Å². The molecule has 0 fully saturated rings. The van der Waals surface area contributed by atoms with Gasteiger partial charge in [-0.1, -0.05) is 46.3 Å². The Hall–Kier alpha value is -1.46. The zero-order valence-electron chi connectivity index (χ0n) is 11.5. The van der Waals surface area contributed by atoms with Crippen LogP contribution in [0.25, 0.3) is 0 Å². The smallest absolute Gasteiger partial charge is 0.306 e. The van der Waals surface area contributed by atoms with Crippen molar-refractivity contribution in [1.82, 2.24) is 0 Å². The molecule has 5 heteroatoms. The number of ether oxygens (including phenoxy) is 1. The molecule has 0 heterocycles. The van der Waals surface area contributed by atoms with Crippen LogP contribution < -0.4 is 10.5 Å². The van der Waals surface area contributed by atoms with Crippen molar-refractivity contribution < 1.29 is 13.5 Å². The summed E-state index contributed by atoms with van der Waals surface area (Å²) in [6.45, 7) is 1.06. The fraction of sp³-hybridized carbons (Fsp3) is 0.250. The second-order valence-corrected chi connectivity index (χ2v) is 5.75. The standard InChI is InChI=1S/C16H16BrF2NO/c1-11(20)14-9-13(17)7-8-15(14)21-10-16(18,19)12-5-3-2-4-6-12/h2-9,11H,10,20H2,1H3/t11-/m0/s1. The molecule has 2 N–H and O–H groups in total. The van der Waals surface area contributed by atoms with Crippen LogP contribution in [-0.2, 0) is 5.92 Å². The Morgan fingerprint density at radius 2 is 1.86 bits per heavy atom. The highest BCUT2D eigenvalue weighted by Crippen LogP contribution is 2.32. The van der Waals surface area contributed by atoms with Crippen molar-refractivity contribution >= 4 is 15.9 Å². The molecule has 2 aromatic carbocycles. The lowest BCUT2D eigenvalue weighted by molar-refractivity contribution is -0.0470. The van der Waals surface area contributed by atoms with Crippen LogP contribution in [0.3, 0.4) is 0 Å². The van der Waals surface area contributed by atoms with Gasteiger partial charge in [0.25, 0.3) is 0 Å². The highest BCUT2D eigenvalue weighted by molar-refractivity contribution is 9.10. The maximum Gasteiger partial charge on any atom is 0.306 e. The van der Waals surface area contributed by atoms with E-state index in [1.165, 1.54) is 12.1 Å². The molecule has 0 saturated heterocycles. The van der Waals surface area contributed by atoms with E-state index in [1.54, 1.807) is 43.3 Å². The molecule has 2 nitrogen and oxygen atoms in total. The van der Waals surface area contributed by atoms with Crippen molar-refractivity contribution in [1.29, 1.82) is 0 Å². The predicted octanol–water partition coefficient (Wildman–Crippen LogP) is 4.64. The van der Waals surface area contributed by atoms with Crippen molar-refractivity contribution in [2.45, 2.75) is 18.9 Å². The van der Waals surface area contributed by atoms with Crippen LogP contribution in [0.15, 0.2) is 53.0 Å². The van der Waals surface area contributed by atoms with E-state index >= 15 is 0 Å². The van der Waals surface area contributed by atoms with E-state index in [2.05, 4.69) is 15.9 Å². The van der Waals surface area contributed by atoms with Gasteiger partial charge in [-0.15, -0.1) is 0 Å². The van der Waals surface area contributed by atoms with Gasteiger partial charge in [0.1, 0.15) is 5.75 Å². The van der Waals surface area contributed by atoms with Crippen LogP contribution >= 0.6 is 15.9 Å². The summed E-state index contributed by atoms with van der Waals surface area (Å²) in [7, 11) is 0. The number of hydrogen-bond donors (Lipinski definition) is 1. The van der Waals surface area contributed by atoms with Crippen molar-refractivity contribution in [3.8, 4) is 5.75 Å². The lowest BCUT2D eigenvalue weighted by Gasteiger charge is -2.20. The number of hydrogen-bond acceptors (Lipinski definition) is 2. The van der Waals surface area contributed by atoms with Gasteiger partial charge in [-0.25, -0.2) is 0 Å². The van der Waals surface area contributed by atoms with E-state index in [9.17, 15) is 8.78 Å². The van der Waals surface area contributed by atoms with Gasteiger partial charge in [-0.05, 0) is 25.1 Å². The van der Waals surface area contributed by atoms with Crippen LogP contribution in [0.5, 0.6) is 5.75 Å². The van der Waals surface area contributed by atoms with E-state index in [4.69, 9.17) is 10.5 Å². The maximum absolute atomic E-state index is 14.1. The largest absolute Gasteiger partial charge is 0.487 e. The summed E-state index contributed by atoms with van der Waals surface area (Å²) in [5.74, 6) is -2.67. The molecule has 2 rings (SSSR count). The summed E-state index contributed by atoms with van der Waals surface area (Å²) in [6, 6.07) is 12.5. The minimum absolute atomic E-state index is 0.0653. The molecule has 0 saturated carbocycles. The molecule has 112 valence electrons. The first-order chi connectivity index (χ1) is 9.90. The number of alkyl halides is 2. The van der Waals surface area contributed by atoms with E-state index < -0.39 is 12.5 Å². The number of rotatable bonds is 5. The summed E-state index contributed by atoms with van der Waals surface area (Å²) >= 11 is 3.33. The maximum atomic E-state index is 14.1. The highest BCUT2D eigenvalue weighted by atomic mass is 79.9. The van der Waals surface area contributed by atoms with Gasteiger partial charge in [0.15, 0.2) is 6.61 Å². The third-order valence-corrected chi connectivity index (χ3v) is 3.56. The van der Waals surface area contributed by atoms with Crippen molar-refractivity contribution in [3.05, 3.63) is 64.1 Å². The molecule has 1 atom stereocenters. The normalized spacial score (nSPS) is 13.0.